The van der Waals surface area contributed by atoms with E-state index in [1.54, 1.807) is 0 Å². The van der Waals surface area contributed by atoms with Crippen LogP contribution in [0.3, 0.4) is 0 Å². The second-order valence-corrected chi connectivity index (χ2v) is 3.78. The van der Waals surface area contributed by atoms with Gasteiger partial charge in [0.1, 0.15) is 0 Å². The predicted octanol–water partition coefficient (Wildman–Crippen LogP) is 2.37. The lowest BCUT2D eigenvalue weighted by Crippen LogP contribution is -2.14. The molecule has 4 heteroatoms. The van der Waals surface area contributed by atoms with Gasteiger partial charge in [-0.1, -0.05) is 18.2 Å². The van der Waals surface area contributed by atoms with Gasteiger partial charge in [-0.15, -0.1) is 0 Å². The van der Waals surface area contributed by atoms with Crippen molar-refractivity contribution in [3.05, 3.63) is 47.8 Å². The van der Waals surface area contributed by atoms with Crippen molar-refractivity contribution < 1.29 is 4.79 Å². The predicted molar refractivity (Wildman–Crippen MR) is 66.7 cm³/mol. The fourth-order valence-electron chi connectivity index (χ4n) is 1.61. The molecule has 4 nitrogen and oxygen atoms in total. The molecular formula is C13H13N3O. The fraction of sp³-hybridized carbons (Fsp3) is 0.154. The van der Waals surface area contributed by atoms with Crippen LogP contribution >= 0.6 is 0 Å². The number of rotatable bonds is 3. The van der Waals surface area contributed by atoms with E-state index >= 15 is 0 Å². The Hall–Kier alpha value is -2.23. The van der Waals surface area contributed by atoms with E-state index in [-0.39, 0.29) is 0 Å². The number of carbonyl (C=O) groups excluding carboxylic acids is 1. The summed E-state index contributed by atoms with van der Waals surface area (Å²) in [7, 11) is 1.90. The topological polar surface area (TPSA) is 46.1 Å². The van der Waals surface area contributed by atoms with Crippen molar-refractivity contribution in [1.82, 2.24) is 9.97 Å². The zero-order valence-electron chi connectivity index (χ0n) is 9.79. The number of hydrogen-bond donors (Lipinski definition) is 0. The zero-order chi connectivity index (χ0) is 12.3. The van der Waals surface area contributed by atoms with Gasteiger partial charge in [-0.3, -0.25) is 4.79 Å². The van der Waals surface area contributed by atoms with Crippen LogP contribution in [0.4, 0.5) is 11.6 Å². The first-order chi connectivity index (χ1) is 8.22. The second-order valence-electron chi connectivity index (χ2n) is 3.78. The van der Waals surface area contributed by atoms with Gasteiger partial charge in [0.25, 0.3) is 0 Å². The summed E-state index contributed by atoms with van der Waals surface area (Å²) >= 11 is 0. The minimum absolute atomic E-state index is 0.479. The number of aryl methyl sites for hydroxylation is 1. The lowest BCUT2D eigenvalue weighted by molar-refractivity contribution is 0.112. The summed E-state index contributed by atoms with van der Waals surface area (Å²) in [5.41, 5.74) is 2.68. The van der Waals surface area contributed by atoms with Crippen molar-refractivity contribution in [3.8, 4) is 0 Å². The lowest BCUT2D eigenvalue weighted by atomic mass is 10.2. The molecule has 0 aliphatic rings. The van der Waals surface area contributed by atoms with Crippen LogP contribution in [0.25, 0.3) is 0 Å². The Balaban J connectivity index is 2.33. The Morgan fingerprint density at radius 3 is 2.41 bits per heavy atom. The van der Waals surface area contributed by atoms with E-state index in [4.69, 9.17) is 0 Å². The van der Waals surface area contributed by atoms with Crippen LogP contribution in [-0.2, 0) is 0 Å². The van der Waals surface area contributed by atoms with E-state index in [1.807, 2.05) is 43.1 Å². The van der Waals surface area contributed by atoms with Crippen LogP contribution in [0.2, 0.25) is 0 Å². The molecule has 0 unspecified atom stereocenters. The zero-order valence-corrected chi connectivity index (χ0v) is 9.79. The van der Waals surface area contributed by atoms with Crippen LogP contribution in [0.1, 0.15) is 15.9 Å². The number of hydrogen-bond acceptors (Lipinski definition) is 4. The molecule has 86 valence electrons. The third-order valence-electron chi connectivity index (χ3n) is 2.57. The molecule has 1 heterocycles. The molecule has 0 saturated heterocycles. The maximum Gasteiger partial charge on any atom is 0.229 e. The first-order valence-electron chi connectivity index (χ1n) is 5.29. The van der Waals surface area contributed by atoms with E-state index < -0.39 is 0 Å². The van der Waals surface area contributed by atoms with E-state index in [1.165, 1.54) is 12.4 Å². The monoisotopic (exact) mass is 227 g/mol. The molecule has 0 bridgehead atoms. The van der Waals surface area contributed by atoms with Crippen LogP contribution in [0.15, 0.2) is 36.7 Å². The molecule has 0 spiro atoms. The molecule has 0 radical (unpaired) electrons. The molecule has 2 aromatic rings. The summed E-state index contributed by atoms with van der Waals surface area (Å²) in [6.45, 7) is 2.03. The first kappa shape index (κ1) is 11.3. The molecule has 0 saturated carbocycles. The number of anilines is 2. The van der Waals surface area contributed by atoms with Crippen LogP contribution < -0.4 is 4.90 Å². The summed E-state index contributed by atoms with van der Waals surface area (Å²) in [6.07, 6.45) is 3.77. The van der Waals surface area contributed by atoms with Gasteiger partial charge in [0.15, 0.2) is 6.29 Å². The highest BCUT2D eigenvalue weighted by atomic mass is 16.1. The molecular weight excluding hydrogens is 214 g/mol. The van der Waals surface area contributed by atoms with E-state index in [9.17, 15) is 4.79 Å². The van der Waals surface area contributed by atoms with Crippen molar-refractivity contribution in [2.24, 2.45) is 0 Å². The molecule has 0 N–H and O–H groups in total. The maximum absolute atomic E-state index is 10.5. The minimum atomic E-state index is 0.479. The number of nitrogens with zero attached hydrogens (tertiary/aromatic N) is 3. The summed E-state index contributed by atoms with van der Waals surface area (Å²) < 4.78 is 0. The van der Waals surface area contributed by atoms with E-state index in [0.717, 1.165) is 17.5 Å². The molecule has 0 amide bonds. The highest BCUT2D eigenvalue weighted by molar-refractivity contribution is 5.73. The maximum atomic E-state index is 10.5. The third-order valence-corrected chi connectivity index (χ3v) is 2.57. The SMILES string of the molecule is Cc1ccccc1N(C)c1ncc(C=O)cn1. The fourth-order valence-corrected chi connectivity index (χ4v) is 1.61. The Morgan fingerprint density at radius 1 is 1.18 bits per heavy atom. The molecule has 0 fully saturated rings. The summed E-state index contributed by atoms with van der Waals surface area (Å²) in [4.78, 5) is 20.7. The number of benzene rings is 1. The molecule has 0 aliphatic carbocycles. The van der Waals surface area contributed by atoms with Crippen LogP contribution in [0.5, 0.6) is 0 Å². The highest BCUT2D eigenvalue weighted by Gasteiger charge is 2.08. The summed E-state index contributed by atoms with van der Waals surface area (Å²) in [5, 5.41) is 0. The van der Waals surface area contributed by atoms with Crippen molar-refractivity contribution in [2.45, 2.75) is 6.92 Å². The number of aromatic nitrogens is 2. The standard InChI is InChI=1S/C13H13N3O/c1-10-5-3-4-6-12(10)16(2)13-14-7-11(9-17)8-15-13/h3-9H,1-2H3. The number of aldehydes is 1. The van der Waals surface area contributed by atoms with Crippen molar-refractivity contribution in [3.63, 3.8) is 0 Å². The molecule has 1 aromatic heterocycles. The minimum Gasteiger partial charge on any atom is -0.313 e. The molecule has 0 atom stereocenters. The van der Waals surface area contributed by atoms with Gasteiger partial charge < -0.3 is 4.90 Å². The van der Waals surface area contributed by atoms with E-state index in [0.29, 0.717) is 11.5 Å². The van der Waals surface area contributed by atoms with Gasteiger partial charge in [-0.25, -0.2) is 9.97 Å². The van der Waals surface area contributed by atoms with Gasteiger partial charge in [0.2, 0.25) is 5.95 Å². The largest absolute Gasteiger partial charge is 0.313 e. The van der Waals surface area contributed by atoms with Crippen molar-refractivity contribution in [2.75, 3.05) is 11.9 Å². The molecule has 0 aliphatic heterocycles. The molecule has 1 aromatic carbocycles. The second kappa shape index (κ2) is 4.74. The van der Waals surface area contributed by atoms with Gasteiger partial charge in [0.05, 0.1) is 5.56 Å². The highest BCUT2D eigenvalue weighted by Crippen LogP contribution is 2.22. The average molecular weight is 227 g/mol. The average Bonchev–Trinajstić information content (AvgIpc) is 2.39. The number of carbonyl (C=O) groups is 1. The number of para-hydroxylation sites is 1. The van der Waals surface area contributed by atoms with Crippen LogP contribution in [-0.4, -0.2) is 23.3 Å². The quantitative estimate of drug-likeness (QED) is 0.755. The van der Waals surface area contributed by atoms with Crippen LogP contribution in [0, 0.1) is 6.92 Å². The Bertz CT molecular complexity index is 522. The summed E-state index contributed by atoms with van der Waals surface area (Å²) in [5.74, 6) is 0.574. The normalized spacial score (nSPS) is 10.0. The smallest absolute Gasteiger partial charge is 0.229 e. The first-order valence-corrected chi connectivity index (χ1v) is 5.29. The Labute approximate surface area is 99.9 Å². The van der Waals surface area contributed by atoms with Crippen molar-refractivity contribution in [1.29, 1.82) is 0 Å². The van der Waals surface area contributed by atoms with Crippen molar-refractivity contribution >= 4 is 17.9 Å². The van der Waals surface area contributed by atoms with Gasteiger partial charge in [0, 0.05) is 25.1 Å². The van der Waals surface area contributed by atoms with Gasteiger partial charge in [-0.2, -0.15) is 0 Å². The lowest BCUT2D eigenvalue weighted by Gasteiger charge is -2.18. The third kappa shape index (κ3) is 2.30. The Morgan fingerprint density at radius 2 is 1.82 bits per heavy atom. The molecule has 17 heavy (non-hydrogen) atoms. The van der Waals surface area contributed by atoms with E-state index in [2.05, 4.69) is 9.97 Å². The Kier molecular flexibility index (Phi) is 3.14. The summed E-state index contributed by atoms with van der Waals surface area (Å²) in [6, 6.07) is 8.00. The molecule has 2 rings (SSSR count). The van der Waals surface area contributed by atoms with Gasteiger partial charge in [-0.05, 0) is 18.6 Å². The van der Waals surface area contributed by atoms with Gasteiger partial charge >= 0.3 is 0 Å².